The number of carbonyl (C=O) groups excluding carboxylic acids is 8. The molecule has 0 aliphatic carbocycles. The van der Waals surface area contributed by atoms with Gasteiger partial charge >= 0.3 is 59.1 Å². The number of aliphatic hydroxyl groups excluding tert-OH is 6. The Kier molecular flexibility index (Phi) is 34.0. The maximum absolute atomic E-state index is 13.0. The zero-order chi connectivity index (χ0) is 71.9. The number of amides is 6. The van der Waals surface area contributed by atoms with Crippen molar-refractivity contribution >= 4 is 70.9 Å². The minimum Gasteiger partial charge on any atom is -0.544 e. The molecule has 2 heterocycles. The maximum Gasteiger partial charge on any atom is 1.00 e. The summed E-state index contributed by atoms with van der Waals surface area (Å²) < 4.78 is 23.0. The minimum absolute atomic E-state index is 0. The predicted octanol–water partition coefficient (Wildman–Crippen LogP) is -5.06. The number of rotatable bonds is 35. The van der Waals surface area contributed by atoms with Gasteiger partial charge in [0.25, 0.3) is 23.6 Å². The van der Waals surface area contributed by atoms with Crippen molar-refractivity contribution in [1.29, 1.82) is 0 Å². The van der Waals surface area contributed by atoms with E-state index in [4.69, 9.17) is 18.9 Å². The van der Waals surface area contributed by atoms with Crippen LogP contribution in [0.5, 0.6) is 0 Å². The predicted molar refractivity (Wildman–Crippen MR) is 366 cm³/mol. The van der Waals surface area contributed by atoms with Crippen molar-refractivity contribution in [1.82, 2.24) is 31.9 Å². The number of benzene rings is 6. The Labute approximate surface area is 642 Å². The third kappa shape index (κ3) is 23.7. The fraction of sp³-hybridized carbons (Fsp3) is 0.389. The molecule has 0 unspecified atom stereocenters. The molecule has 12 N–H and O–H groups in total. The first-order valence-electron chi connectivity index (χ1n) is 32.5. The number of ether oxygens (including phenoxy) is 4. The molecule has 0 spiro atoms. The summed E-state index contributed by atoms with van der Waals surface area (Å²) in [6.07, 6.45) is -15.0. The van der Waals surface area contributed by atoms with Gasteiger partial charge in [-0.1, -0.05) is 109 Å². The average Bonchev–Trinajstić information content (AvgIpc) is 0.773. The SMILES string of the molecule is CC(=O)N[C@H]1[C@H]([C@H](O)[C@H](O)CNC(=O)c2ccc(-c3ccccc3)cc2)O[C@@](OCCCSCCNC(=O)c2ccc(-c3ccc(C(=O)NCCSCCCO[C@]4(C(=O)[O-])C[C@H](O)[C@@H](NC(C)=O)[C@H]([C@H](O)[C@H](O)CNC(=O)c5ccc(-c6ccccc6)cc5)O4)cc3)cc2)(C(=O)[O-])C[C@@H]1O.[Na+].[Na+]. The Morgan fingerprint density at radius 2 is 0.735 bits per heavy atom. The molecule has 534 valence electrons. The summed E-state index contributed by atoms with van der Waals surface area (Å²) in [7, 11) is 0. The molecule has 0 bridgehead atoms. The molecule has 6 aromatic carbocycles. The van der Waals surface area contributed by atoms with Gasteiger partial charge in [0.15, 0.2) is 0 Å². The number of aliphatic hydroxyl groups is 6. The Bertz CT molecular complexity index is 3470. The van der Waals surface area contributed by atoms with Crippen LogP contribution in [0.25, 0.3) is 33.4 Å². The number of hydrogen-bond acceptors (Lipinski definition) is 22. The van der Waals surface area contributed by atoms with Crippen molar-refractivity contribution < 1.29 is 157 Å². The van der Waals surface area contributed by atoms with Crippen LogP contribution >= 0.6 is 23.5 Å². The van der Waals surface area contributed by atoms with Crippen molar-refractivity contribution in [3.8, 4) is 33.4 Å². The smallest absolute Gasteiger partial charge is 0.544 e. The summed E-state index contributed by atoms with van der Waals surface area (Å²) in [5, 5.41) is 108. The van der Waals surface area contributed by atoms with Gasteiger partial charge < -0.3 is 101 Å². The first kappa shape index (κ1) is 84.3. The molecule has 30 heteroatoms. The van der Waals surface area contributed by atoms with E-state index in [1.807, 2.05) is 60.7 Å². The number of aliphatic carboxylic acids is 2. The van der Waals surface area contributed by atoms with Crippen molar-refractivity contribution in [3.63, 3.8) is 0 Å². The zero-order valence-electron chi connectivity index (χ0n) is 56.9. The molecular formula is C72H82N6Na2O20S2. The van der Waals surface area contributed by atoms with E-state index in [0.717, 1.165) is 47.2 Å². The standard InChI is InChI=1S/C72H84N6O20S2.2Na/c1-43(79)77-59-55(81)39-71(69(91)92,97-63(59)61(85)57(83)41-75-67(89)53-27-15-47(16-28-53)45-11-5-3-6-12-45)95-33-9-35-99-37-31-73-65(87)51-23-19-49(20-24-51)50-21-25-52(26-22-50)66(88)74-32-38-100-36-10-34-96-72(70(93)94)40-56(82)60(78-44(2)80)64(98-72)62(86)58(84)42-76-68(90)54-29-17-48(18-30-54)46-13-7-4-8-14-46;;/h3-8,11-30,55-64,81-86H,9-10,31-42H2,1-2H3,(H,73,87)(H,74,88)(H,75,89)(H,76,90)(H,77,79)(H,78,80)(H,91,92)(H,93,94);;/q;2*+1/p-2/t55-,56-,57+,58+,59+,60+,61+,62+,63+,64+,71+,72+;;/m0../s1. The molecule has 26 nitrogen and oxygen atoms in total. The second kappa shape index (κ2) is 41.2. The van der Waals surface area contributed by atoms with E-state index in [-0.39, 0.29) is 121 Å². The van der Waals surface area contributed by atoms with Gasteiger partial charge in [0.1, 0.15) is 36.4 Å². The third-order valence-corrected chi connectivity index (χ3v) is 18.8. The summed E-state index contributed by atoms with van der Waals surface area (Å²) in [5.74, 6) is -10.1. The van der Waals surface area contributed by atoms with E-state index >= 15 is 0 Å². The molecule has 0 aromatic heterocycles. The van der Waals surface area contributed by atoms with Crippen LogP contribution in [0, 0.1) is 0 Å². The van der Waals surface area contributed by atoms with Gasteiger partial charge in [-0.15, -0.1) is 0 Å². The average molecular weight is 1460 g/mol. The van der Waals surface area contributed by atoms with Crippen LogP contribution in [0.4, 0.5) is 0 Å². The van der Waals surface area contributed by atoms with Crippen LogP contribution in [0.2, 0.25) is 0 Å². The Morgan fingerprint density at radius 1 is 0.451 bits per heavy atom. The molecule has 2 fully saturated rings. The number of nitrogens with one attached hydrogen (secondary N) is 6. The molecule has 0 radical (unpaired) electrons. The van der Waals surface area contributed by atoms with E-state index in [2.05, 4.69) is 31.9 Å². The number of thioether (sulfide) groups is 2. The fourth-order valence-corrected chi connectivity index (χ4v) is 12.9. The molecule has 6 amide bonds. The van der Waals surface area contributed by atoms with E-state index < -0.39 is 134 Å². The van der Waals surface area contributed by atoms with Gasteiger partial charge in [-0.2, -0.15) is 23.5 Å². The van der Waals surface area contributed by atoms with Crippen LogP contribution in [-0.4, -0.2) is 213 Å². The zero-order valence-corrected chi connectivity index (χ0v) is 62.5. The van der Waals surface area contributed by atoms with Crippen LogP contribution in [0.1, 0.15) is 81.0 Å². The summed E-state index contributed by atoms with van der Waals surface area (Å²) >= 11 is 2.88. The van der Waals surface area contributed by atoms with Crippen LogP contribution < -0.4 is 101 Å². The summed E-state index contributed by atoms with van der Waals surface area (Å²) in [6.45, 7) is 1.42. The van der Waals surface area contributed by atoms with Crippen molar-refractivity contribution in [3.05, 3.63) is 180 Å². The molecule has 6 aromatic rings. The largest absolute Gasteiger partial charge is 1.00 e. The first-order valence-corrected chi connectivity index (χ1v) is 34.8. The number of carboxylic acids is 2. The summed E-state index contributed by atoms with van der Waals surface area (Å²) in [6, 6.07) is 43.3. The molecule has 2 aliphatic heterocycles. The maximum atomic E-state index is 13.0. The Morgan fingerprint density at radius 3 is 1.02 bits per heavy atom. The number of hydrogen-bond donors (Lipinski definition) is 12. The molecular weight excluding hydrogens is 1380 g/mol. The normalized spacial score (nSPS) is 21.2. The van der Waals surface area contributed by atoms with E-state index in [1.165, 1.54) is 23.5 Å². The van der Waals surface area contributed by atoms with E-state index in [0.29, 0.717) is 34.1 Å². The van der Waals surface area contributed by atoms with Crippen LogP contribution in [-0.2, 0) is 38.1 Å². The quantitative estimate of drug-likeness (QED) is 0.0131. The number of carboxylic acid groups (broad SMARTS) is 2. The van der Waals surface area contributed by atoms with Gasteiger partial charge in [0, 0.05) is 86.6 Å². The molecule has 2 saturated heterocycles. The van der Waals surface area contributed by atoms with Crippen molar-refractivity contribution in [2.75, 3.05) is 62.4 Å². The molecule has 0 saturated carbocycles. The van der Waals surface area contributed by atoms with Gasteiger partial charge in [0.2, 0.25) is 23.4 Å². The number of carbonyl (C=O) groups is 8. The third-order valence-electron chi connectivity index (χ3n) is 16.6. The first-order chi connectivity index (χ1) is 48.0. The molecule has 8 rings (SSSR count). The molecule has 102 heavy (non-hydrogen) atoms. The van der Waals surface area contributed by atoms with Gasteiger partial charge in [-0.05, 0) is 106 Å². The van der Waals surface area contributed by atoms with Crippen LogP contribution in [0.3, 0.4) is 0 Å². The van der Waals surface area contributed by atoms with Crippen LogP contribution in [0.15, 0.2) is 158 Å². The molecule has 12 atom stereocenters. The summed E-state index contributed by atoms with van der Waals surface area (Å²) in [5.41, 5.74) is 6.54. The molecule has 2 aliphatic rings. The monoisotopic (exact) mass is 1460 g/mol. The van der Waals surface area contributed by atoms with Gasteiger partial charge in [-0.25, -0.2) is 0 Å². The van der Waals surface area contributed by atoms with E-state index in [9.17, 15) is 79.2 Å². The topological polar surface area (TPSA) is 413 Å². The second-order valence-corrected chi connectivity index (χ2v) is 26.4. The van der Waals surface area contributed by atoms with Gasteiger partial charge in [0.05, 0.1) is 49.7 Å². The van der Waals surface area contributed by atoms with Gasteiger partial charge in [-0.3, -0.25) is 28.8 Å². The van der Waals surface area contributed by atoms with Crippen molar-refractivity contribution in [2.24, 2.45) is 0 Å². The Balaban J connectivity index is 0.00000818. The van der Waals surface area contributed by atoms with Crippen molar-refractivity contribution in [2.45, 2.75) is 112 Å². The minimum atomic E-state index is -2.59. The summed E-state index contributed by atoms with van der Waals surface area (Å²) in [4.78, 5) is 102. The Hall–Kier alpha value is -6.62. The second-order valence-electron chi connectivity index (χ2n) is 24.0. The fourth-order valence-electron chi connectivity index (χ4n) is 11.4. The van der Waals surface area contributed by atoms with E-state index in [1.54, 1.807) is 97.1 Å².